The van der Waals surface area contributed by atoms with E-state index in [1.165, 1.54) is 12.1 Å². The molecule has 1 aromatic heterocycles. The maximum Gasteiger partial charge on any atom is 0.272 e. The molecule has 92 valence electrons. The van der Waals surface area contributed by atoms with Crippen molar-refractivity contribution in [2.24, 2.45) is 0 Å². The zero-order chi connectivity index (χ0) is 12.3. The van der Waals surface area contributed by atoms with Gasteiger partial charge in [0.25, 0.3) is 5.91 Å². The molecule has 17 heavy (non-hydrogen) atoms. The molecule has 1 aliphatic rings. The predicted molar refractivity (Wildman–Crippen MR) is 63.2 cm³/mol. The monoisotopic (exact) mass is 236 g/mol. The minimum atomic E-state index is -0.595. The van der Waals surface area contributed by atoms with Gasteiger partial charge in [-0.05, 0) is 31.4 Å². The Morgan fingerprint density at radius 3 is 2.88 bits per heavy atom. The van der Waals surface area contributed by atoms with Crippen LogP contribution >= 0.6 is 0 Å². The summed E-state index contributed by atoms with van der Waals surface area (Å²) >= 11 is 0. The van der Waals surface area contributed by atoms with Crippen LogP contribution in [-0.2, 0) is 0 Å². The van der Waals surface area contributed by atoms with Crippen LogP contribution in [0.2, 0.25) is 0 Å². The van der Waals surface area contributed by atoms with Crippen LogP contribution in [0.1, 0.15) is 43.1 Å². The number of unbranched alkanes of at least 4 members (excludes halogenated alkanes) is 1. The zero-order valence-electron chi connectivity index (χ0n) is 10.0. The molecule has 1 fully saturated rings. The van der Waals surface area contributed by atoms with Gasteiger partial charge in [0.1, 0.15) is 5.69 Å². The molecule has 1 aromatic rings. The molecule has 0 atom stereocenters. The smallest absolute Gasteiger partial charge is 0.272 e. The van der Waals surface area contributed by atoms with Gasteiger partial charge in [-0.2, -0.15) is 4.39 Å². The lowest BCUT2D eigenvalue weighted by molar-refractivity contribution is 0.0733. The van der Waals surface area contributed by atoms with Gasteiger partial charge in [-0.25, -0.2) is 4.98 Å². The second-order valence-corrected chi connectivity index (χ2v) is 4.43. The summed E-state index contributed by atoms with van der Waals surface area (Å²) in [5, 5.41) is 0. The third-order valence-electron chi connectivity index (χ3n) is 2.94. The van der Waals surface area contributed by atoms with Crippen molar-refractivity contribution in [2.45, 2.75) is 38.6 Å². The molecule has 1 saturated carbocycles. The minimum absolute atomic E-state index is 0.138. The maximum absolute atomic E-state index is 13.0. The second kappa shape index (κ2) is 5.25. The van der Waals surface area contributed by atoms with Gasteiger partial charge in [-0.15, -0.1) is 0 Å². The number of halogens is 1. The normalized spacial score (nSPS) is 14.7. The van der Waals surface area contributed by atoms with Crippen molar-refractivity contribution in [2.75, 3.05) is 6.54 Å². The van der Waals surface area contributed by atoms with Crippen LogP contribution < -0.4 is 0 Å². The fourth-order valence-electron chi connectivity index (χ4n) is 1.84. The SMILES string of the molecule is CCCCN(C(=O)c1cccc(F)n1)C1CC1. The molecule has 0 aromatic carbocycles. The highest BCUT2D eigenvalue weighted by molar-refractivity contribution is 5.92. The van der Waals surface area contributed by atoms with Gasteiger partial charge in [0.15, 0.2) is 0 Å². The molecule has 0 aliphatic heterocycles. The average molecular weight is 236 g/mol. The van der Waals surface area contributed by atoms with Crippen molar-refractivity contribution in [3.8, 4) is 0 Å². The molecular weight excluding hydrogens is 219 g/mol. The van der Waals surface area contributed by atoms with Gasteiger partial charge < -0.3 is 4.90 Å². The number of rotatable bonds is 5. The number of carbonyl (C=O) groups excluding carboxylic acids is 1. The Morgan fingerprint density at radius 1 is 1.53 bits per heavy atom. The van der Waals surface area contributed by atoms with E-state index in [1.807, 2.05) is 4.90 Å². The molecule has 1 amide bonds. The summed E-state index contributed by atoms with van der Waals surface area (Å²) in [7, 11) is 0. The van der Waals surface area contributed by atoms with E-state index in [1.54, 1.807) is 6.07 Å². The van der Waals surface area contributed by atoms with Crippen LogP contribution in [0.4, 0.5) is 4.39 Å². The lowest BCUT2D eigenvalue weighted by atomic mass is 10.2. The highest BCUT2D eigenvalue weighted by Crippen LogP contribution is 2.28. The van der Waals surface area contributed by atoms with Crippen LogP contribution in [0.5, 0.6) is 0 Å². The number of nitrogens with zero attached hydrogens (tertiary/aromatic N) is 2. The van der Waals surface area contributed by atoms with Crippen LogP contribution in [0, 0.1) is 5.95 Å². The van der Waals surface area contributed by atoms with Gasteiger partial charge in [-0.3, -0.25) is 4.79 Å². The van der Waals surface area contributed by atoms with Gasteiger partial charge in [-0.1, -0.05) is 19.4 Å². The Kier molecular flexibility index (Phi) is 3.71. The molecule has 1 heterocycles. The third kappa shape index (κ3) is 3.02. The first-order chi connectivity index (χ1) is 8.22. The topological polar surface area (TPSA) is 33.2 Å². The first-order valence-electron chi connectivity index (χ1n) is 6.16. The second-order valence-electron chi connectivity index (χ2n) is 4.43. The van der Waals surface area contributed by atoms with Crippen LogP contribution in [0.25, 0.3) is 0 Å². The first kappa shape index (κ1) is 12.0. The maximum atomic E-state index is 13.0. The van der Waals surface area contributed by atoms with E-state index >= 15 is 0 Å². The molecule has 3 nitrogen and oxygen atoms in total. The van der Waals surface area contributed by atoms with Crippen molar-refractivity contribution in [3.63, 3.8) is 0 Å². The van der Waals surface area contributed by atoms with Gasteiger partial charge >= 0.3 is 0 Å². The van der Waals surface area contributed by atoms with Crippen LogP contribution in [-0.4, -0.2) is 28.4 Å². The van der Waals surface area contributed by atoms with Crippen molar-refractivity contribution < 1.29 is 9.18 Å². The fourth-order valence-corrected chi connectivity index (χ4v) is 1.84. The largest absolute Gasteiger partial charge is 0.334 e. The van der Waals surface area contributed by atoms with Gasteiger partial charge in [0.2, 0.25) is 5.95 Å². The Hall–Kier alpha value is -1.45. The van der Waals surface area contributed by atoms with Crippen molar-refractivity contribution in [1.82, 2.24) is 9.88 Å². The quantitative estimate of drug-likeness (QED) is 0.736. The molecule has 4 heteroatoms. The van der Waals surface area contributed by atoms with E-state index in [4.69, 9.17) is 0 Å². The first-order valence-corrected chi connectivity index (χ1v) is 6.16. The number of hydrogen-bond acceptors (Lipinski definition) is 2. The van der Waals surface area contributed by atoms with Crippen LogP contribution in [0.15, 0.2) is 18.2 Å². The van der Waals surface area contributed by atoms with Crippen LogP contribution in [0.3, 0.4) is 0 Å². The number of amides is 1. The van der Waals surface area contributed by atoms with Gasteiger partial charge in [0, 0.05) is 12.6 Å². The minimum Gasteiger partial charge on any atom is -0.334 e. The Bertz CT molecular complexity index is 404. The lowest BCUT2D eigenvalue weighted by Gasteiger charge is -2.21. The summed E-state index contributed by atoms with van der Waals surface area (Å²) in [6.07, 6.45) is 4.15. The molecule has 0 bridgehead atoms. The van der Waals surface area contributed by atoms with Crippen molar-refractivity contribution in [1.29, 1.82) is 0 Å². The average Bonchev–Trinajstić information content (AvgIpc) is 3.14. The summed E-state index contributed by atoms with van der Waals surface area (Å²) in [6, 6.07) is 4.71. The number of pyridine rings is 1. The summed E-state index contributed by atoms with van der Waals surface area (Å²) in [5.41, 5.74) is 0.216. The number of hydrogen-bond donors (Lipinski definition) is 0. The Balaban J connectivity index is 2.10. The summed E-state index contributed by atoms with van der Waals surface area (Å²) in [5.74, 6) is -0.734. The molecule has 0 spiro atoms. The van der Waals surface area contributed by atoms with E-state index < -0.39 is 5.95 Å². The highest BCUT2D eigenvalue weighted by Gasteiger charge is 2.33. The fraction of sp³-hybridized carbons (Fsp3) is 0.538. The van der Waals surface area contributed by atoms with E-state index in [0.717, 1.165) is 32.2 Å². The summed E-state index contributed by atoms with van der Waals surface area (Å²) < 4.78 is 13.0. The Morgan fingerprint density at radius 2 is 2.29 bits per heavy atom. The van der Waals surface area contributed by atoms with Gasteiger partial charge in [0.05, 0.1) is 0 Å². The summed E-state index contributed by atoms with van der Waals surface area (Å²) in [6.45, 7) is 2.84. The Labute approximate surface area is 101 Å². The molecule has 2 rings (SSSR count). The van der Waals surface area contributed by atoms with E-state index in [9.17, 15) is 9.18 Å². The third-order valence-corrected chi connectivity index (χ3v) is 2.94. The predicted octanol–water partition coefficient (Wildman–Crippen LogP) is 2.63. The standard InChI is InChI=1S/C13H17FN2O/c1-2-3-9-16(10-7-8-10)13(17)11-5-4-6-12(14)15-11/h4-6,10H,2-3,7-9H2,1H3. The van der Waals surface area contributed by atoms with E-state index in [0.29, 0.717) is 6.04 Å². The molecule has 1 aliphatic carbocycles. The molecule has 0 saturated heterocycles. The lowest BCUT2D eigenvalue weighted by Crippen LogP contribution is -2.34. The number of aromatic nitrogens is 1. The summed E-state index contributed by atoms with van der Waals surface area (Å²) in [4.78, 5) is 17.7. The molecule has 0 unspecified atom stereocenters. The van der Waals surface area contributed by atoms with Crippen molar-refractivity contribution in [3.05, 3.63) is 29.8 Å². The number of carbonyl (C=O) groups is 1. The molecule has 0 radical (unpaired) electrons. The van der Waals surface area contributed by atoms with E-state index in [2.05, 4.69) is 11.9 Å². The van der Waals surface area contributed by atoms with Crippen molar-refractivity contribution >= 4 is 5.91 Å². The van der Waals surface area contributed by atoms with E-state index in [-0.39, 0.29) is 11.6 Å². The molecular formula is C13H17FN2O. The highest BCUT2D eigenvalue weighted by atomic mass is 19.1. The zero-order valence-corrected chi connectivity index (χ0v) is 10.0. The molecule has 0 N–H and O–H groups in total.